The van der Waals surface area contributed by atoms with Crippen LogP contribution in [0.5, 0.6) is 0 Å². The van der Waals surface area contributed by atoms with Crippen LogP contribution in [0.1, 0.15) is 0 Å². The van der Waals surface area contributed by atoms with Crippen molar-refractivity contribution in [2.45, 2.75) is 0 Å². The summed E-state index contributed by atoms with van der Waals surface area (Å²) in [5.41, 5.74) is -0.470. The van der Waals surface area contributed by atoms with Gasteiger partial charge in [-0.15, -0.1) is 0 Å². The van der Waals surface area contributed by atoms with Crippen LogP contribution < -0.4 is 5.32 Å². The number of anilines is 1. The van der Waals surface area contributed by atoms with Gasteiger partial charge in [-0.3, -0.25) is 9.69 Å². The number of piperazine rings is 1. The van der Waals surface area contributed by atoms with Crippen LogP contribution in [0.15, 0.2) is 18.2 Å². The zero-order valence-electron chi connectivity index (χ0n) is 12.1. The fourth-order valence-electron chi connectivity index (χ4n) is 2.22. The zero-order chi connectivity index (χ0) is 16.3. The fraction of sp³-hybridized carbons (Fsp3) is 0.462. The molecule has 1 fully saturated rings. The van der Waals surface area contributed by atoms with E-state index in [4.69, 9.17) is 0 Å². The van der Waals surface area contributed by atoms with Crippen LogP contribution in [0.3, 0.4) is 0 Å². The summed E-state index contributed by atoms with van der Waals surface area (Å²) in [6.07, 6.45) is 1.14. The molecule has 1 N–H and O–H groups in total. The lowest BCUT2D eigenvalue weighted by molar-refractivity contribution is -0.117. The van der Waals surface area contributed by atoms with E-state index in [1.165, 1.54) is 10.4 Å². The number of carbonyl (C=O) groups excluding carboxylic acids is 1. The maximum atomic E-state index is 13.4. The molecule has 1 amide bonds. The van der Waals surface area contributed by atoms with Gasteiger partial charge in [-0.25, -0.2) is 17.2 Å². The average Bonchev–Trinajstić information content (AvgIpc) is 2.43. The number of benzene rings is 1. The predicted molar refractivity (Wildman–Crippen MR) is 77.8 cm³/mol. The minimum atomic E-state index is -3.23. The molecule has 0 bridgehead atoms. The Morgan fingerprint density at radius 2 is 1.73 bits per heavy atom. The Hall–Kier alpha value is -1.58. The van der Waals surface area contributed by atoms with Crippen molar-refractivity contribution in [1.29, 1.82) is 0 Å². The molecule has 22 heavy (non-hydrogen) atoms. The monoisotopic (exact) mass is 333 g/mol. The van der Waals surface area contributed by atoms with E-state index >= 15 is 0 Å². The number of halogens is 2. The van der Waals surface area contributed by atoms with Crippen molar-refractivity contribution in [2.24, 2.45) is 0 Å². The molecule has 0 radical (unpaired) electrons. The molecule has 122 valence electrons. The number of hydrogen-bond donors (Lipinski definition) is 1. The maximum Gasteiger partial charge on any atom is 0.238 e. The molecular formula is C13H17F2N3O3S. The van der Waals surface area contributed by atoms with Gasteiger partial charge in [0.1, 0.15) is 17.3 Å². The van der Waals surface area contributed by atoms with Crippen molar-refractivity contribution in [2.75, 3.05) is 44.3 Å². The molecule has 0 unspecified atom stereocenters. The highest BCUT2D eigenvalue weighted by atomic mass is 32.2. The Morgan fingerprint density at radius 1 is 1.18 bits per heavy atom. The van der Waals surface area contributed by atoms with Gasteiger partial charge in [0, 0.05) is 26.2 Å². The summed E-state index contributed by atoms with van der Waals surface area (Å²) in [4.78, 5) is 13.6. The van der Waals surface area contributed by atoms with E-state index in [0.717, 1.165) is 18.4 Å². The normalized spacial score (nSPS) is 17.4. The Morgan fingerprint density at radius 3 is 2.23 bits per heavy atom. The van der Waals surface area contributed by atoms with Gasteiger partial charge in [-0.05, 0) is 12.1 Å². The molecule has 1 aromatic carbocycles. The number of nitrogens with one attached hydrogen (secondary N) is 1. The second-order valence-electron chi connectivity index (χ2n) is 5.08. The molecule has 1 aliphatic heterocycles. The van der Waals surface area contributed by atoms with Crippen LogP contribution in [0.25, 0.3) is 0 Å². The average molecular weight is 333 g/mol. The molecule has 2 rings (SSSR count). The van der Waals surface area contributed by atoms with Crippen LogP contribution in [0.2, 0.25) is 0 Å². The van der Waals surface area contributed by atoms with Crippen LogP contribution in [-0.2, 0) is 14.8 Å². The van der Waals surface area contributed by atoms with Gasteiger partial charge < -0.3 is 5.32 Å². The molecule has 1 heterocycles. The molecule has 1 aromatic rings. The van der Waals surface area contributed by atoms with Crippen molar-refractivity contribution in [3.05, 3.63) is 29.8 Å². The van der Waals surface area contributed by atoms with Crippen molar-refractivity contribution in [1.82, 2.24) is 9.21 Å². The summed E-state index contributed by atoms with van der Waals surface area (Å²) in [6.45, 7) is 1.31. The summed E-state index contributed by atoms with van der Waals surface area (Å²) in [6, 6.07) is 3.33. The first-order valence-corrected chi connectivity index (χ1v) is 8.53. The molecular weight excluding hydrogens is 316 g/mol. The van der Waals surface area contributed by atoms with E-state index in [2.05, 4.69) is 5.32 Å². The van der Waals surface area contributed by atoms with Gasteiger partial charge in [0.15, 0.2) is 0 Å². The number of sulfonamides is 1. The number of hydrogen-bond acceptors (Lipinski definition) is 4. The lowest BCUT2D eigenvalue weighted by Gasteiger charge is -2.32. The SMILES string of the molecule is CS(=O)(=O)N1CCN(CC(=O)Nc2c(F)cccc2F)CC1. The van der Waals surface area contributed by atoms with Gasteiger partial charge in [0.2, 0.25) is 15.9 Å². The van der Waals surface area contributed by atoms with E-state index in [1.807, 2.05) is 0 Å². The third-order valence-electron chi connectivity index (χ3n) is 3.39. The summed E-state index contributed by atoms with van der Waals surface area (Å²) < 4.78 is 50.9. The quantitative estimate of drug-likeness (QED) is 0.870. The number of nitrogens with zero attached hydrogens (tertiary/aromatic N) is 2. The predicted octanol–water partition coefficient (Wildman–Crippen LogP) is 0.480. The Labute approximate surface area is 127 Å². The second-order valence-corrected chi connectivity index (χ2v) is 7.07. The summed E-state index contributed by atoms with van der Waals surface area (Å²) in [5, 5.41) is 2.20. The molecule has 1 aliphatic rings. The third-order valence-corrected chi connectivity index (χ3v) is 4.70. The summed E-state index contributed by atoms with van der Waals surface area (Å²) >= 11 is 0. The number of para-hydroxylation sites is 1. The summed E-state index contributed by atoms with van der Waals surface area (Å²) in [7, 11) is -3.23. The highest BCUT2D eigenvalue weighted by molar-refractivity contribution is 7.88. The van der Waals surface area contributed by atoms with E-state index in [1.54, 1.807) is 4.90 Å². The second kappa shape index (κ2) is 6.67. The van der Waals surface area contributed by atoms with Crippen molar-refractivity contribution in [3.8, 4) is 0 Å². The zero-order valence-corrected chi connectivity index (χ0v) is 12.9. The molecule has 6 nitrogen and oxygen atoms in total. The van der Waals surface area contributed by atoms with Crippen LogP contribution in [0, 0.1) is 11.6 Å². The molecule has 0 aliphatic carbocycles. The van der Waals surface area contributed by atoms with Gasteiger partial charge in [0.25, 0.3) is 0 Å². The first-order valence-electron chi connectivity index (χ1n) is 6.68. The van der Waals surface area contributed by atoms with Gasteiger partial charge in [-0.2, -0.15) is 4.31 Å². The minimum Gasteiger partial charge on any atom is -0.320 e. The minimum absolute atomic E-state index is 0.0502. The standard InChI is InChI=1S/C13H17F2N3O3S/c1-22(20,21)18-7-5-17(6-8-18)9-12(19)16-13-10(14)3-2-4-11(13)15/h2-4H,5-9H2,1H3,(H,16,19). The largest absolute Gasteiger partial charge is 0.320 e. The molecule has 0 spiro atoms. The highest BCUT2D eigenvalue weighted by Crippen LogP contribution is 2.18. The van der Waals surface area contributed by atoms with E-state index < -0.39 is 33.3 Å². The van der Waals surface area contributed by atoms with E-state index in [9.17, 15) is 22.0 Å². The van der Waals surface area contributed by atoms with Crippen LogP contribution in [0.4, 0.5) is 14.5 Å². The molecule has 0 aromatic heterocycles. The summed E-state index contributed by atoms with van der Waals surface area (Å²) in [5.74, 6) is -2.22. The Balaban J connectivity index is 1.89. The topological polar surface area (TPSA) is 69.7 Å². The van der Waals surface area contributed by atoms with Gasteiger partial charge in [-0.1, -0.05) is 6.07 Å². The number of rotatable bonds is 4. The van der Waals surface area contributed by atoms with Gasteiger partial charge >= 0.3 is 0 Å². The first kappa shape index (κ1) is 16.8. The van der Waals surface area contributed by atoms with Gasteiger partial charge in [0.05, 0.1) is 12.8 Å². The lowest BCUT2D eigenvalue weighted by Crippen LogP contribution is -2.50. The van der Waals surface area contributed by atoms with Crippen molar-refractivity contribution >= 4 is 21.6 Å². The number of amides is 1. The van der Waals surface area contributed by atoms with Crippen molar-refractivity contribution < 1.29 is 22.0 Å². The first-order chi connectivity index (χ1) is 10.3. The molecule has 0 saturated carbocycles. The lowest BCUT2D eigenvalue weighted by atomic mass is 10.3. The van der Waals surface area contributed by atoms with Crippen molar-refractivity contribution in [3.63, 3.8) is 0 Å². The maximum absolute atomic E-state index is 13.4. The van der Waals surface area contributed by atoms with Crippen LogP contribution in [-0.4, -0.2) is 62.5 Å². The third kappa shape index (κ3) is 4.21. The smallest absolute Gasteiger partial charge is 0.238 e. The van der Waals surface area contributed by atoms with E-state index in [0.29, 0.717) is 26.2 Å². The Bertz CT molecular complexity index is 638. The number of carbonyl (C=O) groups is 1. The Kier molecular flexibility index (Phi) is 5.09. The van der Waals surface area contributed by atoms with E-state index in [-0.39, 0.29) is 6.54 Å². The van der Waals surface area contributed by atoms with Crippen LogP contribution >= 0.6 is 0 Å². The highest BCUT2D eigenvalue weighted by Gasteiger charge is 2.24. The molecule has 9 heteroatoms. The fourth-order valence-corrected chi connectivity index (χ4v) is 3.05. The molecule has 0 atom stereocenters. The molecule has 1 saturated heterocycles.